The standard InChI is InChI=1S/C12H12N2.HNO3/c13-11-5-1-9(2-6-11)10-3-7-12(14)8-4-10;2-1(3)4/h1-8H,13-14H2;(H,2,3,4). The van der Waals surface area contributed by atoms with Crippen molar-refractivity contribution < 1.29 is 10.3 Å². The molecule has 0 saturated heterocycles. The van der Waals surface area contributed by atoms with Crippen LogP contribution in [0, 0.1) is 10.1 Å². The molecule has 2 aromatic rings. The monoisotopic (exact) mass is 247 g/mol. The molecule has 2 rings (SSSR count). The summed E-state index contributed by atoms with van der Waals surface area (Å²) in [5.41, 5.74) is 15.1. The van der Waals surface area contributed by atoms with Crippen LogP contribution in [0.25, 0.3) is 11.1 Å². The highest BCUT2D eigenvalue weighted by atomic mass is 16.9. The van der Waals surface area contributed by atoms with Gasteiger partial charge in [-0.05, 0) is 35.4 Å². The van der Waals surface area contributed by atoms with E-state index in [1.54, 1.807) is 0 Å². The van der Waals surface area contributed by atoms with E-state index in [-0.39, 0.29) is 0 Å². The third kappa shape index (κ3) is 4.40. The van der Waals surface area contributed by atoms with Crippen LogP contribution in [0.1, 0.15) is 0 Å². The molecule has 18 heavy (non-hydrogen) atoms. The first-order valence-electron chi connectivity index (χ1n) is 5.04. The molecule has 0 atom stereocenters. The van der Waals surface area contributed by atoms with E-state index < -0.39 is 5.09 Å². The van der Waals surface area contributed by atoms with Gasteiger partial charge in [-0.2, -0.15) is 0 Å². The number of hydrogen-bond donors (Lipinski definition) is 3. The second-order valence-electron chi connectivity index (χ2n) is 3.48. The van der Waals surface area contributed by atoms with E-state index in [0.717, 1.165) is 22.5 Å². The molecule has 0 aliphatic heterocycles. The van der Waals surface area contributed by atoms with Crippen molar-refractivity contribution in [2.24, 2.45) is 0 Å². The molecule has 0 spiro atoms. The number of nitrogens with zero attached hydrogens (tertiary/aromatic N) is 1. The second-order valence-corrected chi connectivity index (χ2v) is 3.48. The molecule has 5 N–H and O–H groups in total. The molecule has 0 aromatic heterocycles. The van der Waals surface area contributed by atoms with Gasteiger partial charge in [-0.25, -0.2) is 0 Å². The van der Waals surface area contributed by atoms with Crippen molar-refractivity contribution in [3.63, 3.8) is 0 Å². The van der Waals surface area contributed by atoms with Crippen molar-refractivity contribution in [1.29, 1.82) is 0 Å². The lowest BCUT2D eigenvalue weighted by Gasteiger charge is -2.02. The predicted molar refractivity (Wildman–Crippen MR) is 69.5 cm³/mol. The third-order valence-electron chi connectivity index (χ3n) is 2.15. The topological polar surface area (TPSA) is 115 Å². The molecule has 0 radical (unpaired) electrons. The third-order valence-corrected chi connectivity index (χ3v) is 2.15. The maximum atomic E-state index is 8.36. The SMILES string of the molecule is Nc1ccc(-c2ccc(N)cc2)cc1.O=[N+]([O-])O. The first-order chi connectivity index (χ1) is 8.49. The minimum atomic E-state index is -1.50. The van der Waals surface area contributed by atoms with E-state index in [4.69, 9.17) is 26.8 Å². The van der Waals surface area contributed by atoms with Crippen LogP contribution in [-0.4, -0.2) is 10.3 Å². The molecular weight excluding hydrogens is 234 g/mol. The average molecular weight is 247 g/mol. The van der Waals surface area contributed by atoms with E-state index in [9.17, 15) is 0 Å². The molecule has 0 aliphatic rings. The fraction of sp³-hybridized carbons (Fsp3) is 0. The molecule has 2 aromatic carbocycles. The van der Waals surface area contributed by atoms with Gasteiger partial charge in [-0.15, -0.1) is 10.1 Å². The highest BCUT2D eigenvalue weighted by Gasteiger charge is 1.95. The zero-order valence-corrected chi connectivity index (χ0v) is 9.48. The fourth-order valence-electron chi connectivity index (χ4n) is 1.35. The summed E-state index contributed by atoms with van der Waals surface area (Å²) in [5, 5.41) is 13.6. The molecule has 0 amide bonds. The summed E-state index contributed by atoms with van der Waals surface area (Å²) in [7, 11) is 0. The van der Waals surface area contributed by atoms with Gasteiger partial charge in [0, 0.05) is 11.4 Å². The van der Waals surface area contributed by atoms with Gasteiger partial charge in [-0.3, -0.25) is 0 Å². The van der Waals surface area contributed by atoms with Gasteiger partial charge in [-0.1, -0.05) is 24.3 Å². The quantitative estimate of drug-likeness (QED) is 0.405. The van der Waals surface area contributed by atoms with Crippen LogP contribution in [0.4, 0.5) is 11.4 Å². The number of nitrogens with two attached hydrogens (primary N) is 2. The Bertz CT molecular complexity index is 462. The molecule has 0 saturated carbocycles. The Morgan fingerprint density at radius 1 is 0.833 bits per heavy atom. The minimum absolute atomic E-state index is 0.782. The Labute approximate surface area is 104 Å². The average Bonchev–Trinajstić information content (AvgIpc) is 2.31. The van der Waals surface area contributed by atoms with Gasteiger partial charge in [0.25, 0.3) is 5.09 Å². The van der Waals surface area contributed by atoms with E-state index in [0.29, 0.717) is 0 Å². The normalized spacial score (nSPS) is 9.11. The number of hydrogen-bond acceptors (Lipinski definition) is 4. The van der Waals surface area contributed by atoms with Crippen molar-refractivity contribution in [3.8, 4) is 11.1 Å². The van der Waals surface area contributed by atoms with Gasteiger partial charge in [0.2, 0.25) is 0 Å². The van der Waals surface area contributed by atoms with Crippen molar-refractivity contribution in [2.45, 2.75) is 0 Å². The Balaban J connectivity index is 0.000000357. The molecule has 0 bridgehead atoms. The van der Waals surface area contributed by atoms with Crippen molar-refractivity contribution in [3.05, 3.63) is 58.6 Å². The zero-order valence-electron chi connectivity index (χ0n) is 9.48. The predicted octanol–water partition coefficient (Wildman–Crippen LogP) is 2.17. The number of nitrogen functional groups attached to an aromatic ring is 2. The Kier molecular flexibility index (Phi) is 4.50. The summed E-state index contributed by atoms with van der Waals surface area (Å²) in [6.45, 7) is 0. The summed E-state index contributed by atoms with van der Waals surface area (Å²) >= 11 is 0. The van der Waals surface area contributed by atoms with E-state index in [1.807, 2.05) is 48.5 Å². The van der Waals surface area contributed by atoms with Crippen molar-refractivity contribution in [1.82, 2.24) is 0 Å². The van der Waals surface area contributed by atoms with Gasteiger partial charge < -0.3 is 16.7 Å². The van der Waals surface area contributed by atoms with Gasteiger partial charge in [0.05, 0.1) is 0 Å². The van der Waals surface area contributed by atoms with Crippen molar-refractivity contribution in [2.75, 3.05) is 11.5 Å². The number of rotatable bonds is 1. The summed E-state index contributed by atoms with van der Waals surface area (Å²) in [4.78, 5) is 8.36. The van der Waals surface area contributed by atoms with E-state index in [1.165, 1.54) is 0 Å². The van der Waals surface area contributed by atoms with Gasteiger partial charge in [0.15, 0.2) is 0 Å². The summed E-state index contributed by atoms with van der Waals surface area (Å²) in [6.07, 6.45) is 0. The highest BCUT2D eigenvalue weighted by molar-refractivity contribution is 5.67. The first-order valence-corrected chi connectivity index (χ1v) is 5.04. The zero-order chi connectivity index (χ0) is 13.5. The van der Waals surface area contributed by atoms with Crippen LogP contribution in [-0.2, 0) is 0 Å². The number of anilines is 2. The minimum Gasteiger partial charge on any atom is -0.399 e. The molecule has 0 unspecified atom stereocenters. The molecule has 6 nitrogen and oxygen atoms in total. The van der Waals surface area contributed by atoms with E-state index >= 15 is 0 Å². The molecule has 0 heterocycles. The van der Waals surface area contributed by atoms with Gasteiger partial charge >= 0.3 is 0 Å². The lowest BCUT2D eigenvalue weighted by Crippen LogP contribution is -1.85. The molecule has 6 heteroatoms. The van der Waals surface area contributed by atoms with Crippen LogP contribution < -0.4 is 11.5 Å². The maximum absolute atomic E-state index is 8.36. The Morgan fingerprint density at radius 2 is 1.06 bits per heavy atom. The molecule has 0 aliphatic carbocycles. The van der Waals surface area contributed by atoms with Crippen LogP contribution >= 0.6 is 0 Å². The summed E-state index contributed by atoms with van der Waals surface area (Å²) in [6, 6.07) is 15.6. The smallest absolute Gasteiger partial charge is 0.291 e. The van der Waals surface area contributed by atoms with Gasteiger partial charge in [0.1, 0.15) is 0 Å². The maximum Gasteiger partial charge on any atom is 0.291 e. The summed E-state index contributed by atoms with van der Waals surface area (Å²) < 4.78 is 0. The fourth-order valence-corrected chi connectivity index (χ4v) is 1.35. The highest BCUT2D eigenvalue weighted by Crippen LogP contribution is 2.21. The van der Waals surface area contributed by atoms with Crippen molar-refractivity contribution >= 4 is 11.4 Å². The number of benzene rings is 2. The first kappa shape index (κ1) is 13.3. The largest absolute Gasteiger partial charge is 0.399 e. The summed E-state index contributed by atoms with van der Waals surface area (Å²) in [5.74, 6) is 0. The lowest BCUT2D eigenvalue weighted by atomic mass is 10.1. The molecule has 0 fully saturated rings. The van der Waals surface area contributed by atoms with Crippen LogP contribution in [0.5, 0.6) is 0 Å². The Morgan fingerprint density at radius 3 is 1.28 bits per heavy atom. The molecule has 94 valence electrons. The van der Waals surface area contributed by atoms with Crippen LogP contribution in [0.15, 0.2) is 48.5 Å². The molecular formula is C12H13N3O3. The van der Waals surface area contributed by atoms with Crippen LogP contribution in [0.2, 0.25) is 0 Å². The second kappa shape index (κ2) is 6.09. The van der Waals surface area contributed by atoms with E-state index in [2.05, 4.69) is 0 Å². The lowest BCUT2D eigenvalue weighted by molar-refractivity contribution is -0.742. The van der Waals surface area contributed by atoms with Crippen LogP contribution in [0.3, 0.4) is 0 Å². The Hall–Kier alpha value is -2.76.